The highest BCUT2D eigenvalue weighted by molar-refractivity contribution is 5.98. The smallest absolute Gasteiger partial charge is 0.255 e. The predicted octanol–water partition coefficient (Wildman–Crippen LogP) is 1.91. The maximum atomic E-state index is 12.0. The molecule has 0 bridgehead atoms. The number of methoxy groups -OCH3 is 1. The van der Waals surface area contributed by atoms with E-state index in [1.807, 2.05) is 31.2 Å². The number of amides is 1. The van der Waals surface area contributed by atoms with E-state index in [0.29, 0.717) is 12.1 Å². The van der Waals surface area contributed by atoms with Gasteiger partial charge in [-0.25, -0.2) is 4.98 Å². The van der Waals surface area contributed by atoms with Crippen molar-refractivity contribution in [3.8, 4) is 5.75 Å². The summed E-state index contributed by atoms with van der Waals surface area (Å²) in [5.74, 6) is 0.763. The van der Waals surface area contributed by atoms with Crippen LogP contribution in [0.4, 0.5) is 5.82 Å². The molecule has 0 fully saturated rings. The first-order valence-corrected chi connectivity index (χ1v) is 6.24. The fourth-order valence-corrected chi connectivity index (χ4v) is 1.83. The Hall–Kier alpha value is -2.56. The summed E-state index contributed by atoms with van der Waals surface area (Å²) < 4.78 is 5.14. The van der Waals surface area contributed by atoms with Crippen LogP contribution in [0.25, 0.3) is 0 Å². The lowest BCUT2D eigenvalue weighted by Gasteiger charge is -2.08. The summed E-state index contributed by atoms with van der Waals surface area (Å²) in [6.07, 6.45) is 0. The molecule has 5 heteroatoms. The van der Waals surface area contributed by atoms with Crippen molar-refractivity contribution < 1.29 is 9.53 Å². The number of hydrogen-bond donors (Lipinski definition) is 2. The molecule has 0 saturated heterocycles. The van der Waals surface area contributed by atoms with Crippen molar-refractivity contribution in [3.05, 3.63) is 53.2 Å². The number of aryl methyl sites for hydroxylation is 1. The van der Waals surface area contributed by atoms with Crippen LogP contribution in [0.3, 0.4) is 0 Å². The summed E-state index contributed by atoms with van der Waals surface area (Å²) in [7, 11) is 1.61. The molecule has 0 unspecified atom stereocenters. The number of pyridine rings is 1. The number of hydrogen-bond acceptors (Lipinski definition) is 4. The third-order valence-electron chi connectivity index (χ3n) is 2.90. The molecule has 5 nitrogen and oxygen atoms in total. The fraction of sp³-hybridized carbons (Fsp3) is 0.200. The number of aromatic nitrogens is 1. The highest BCUT2D eigenvalue weighted by atomic mass is 16.5. The van der Waals surface area contributed by atoms with Crippen LogP contribution in [0.2, 0.25) is 0 Å². The van der Waals surface area contributed by atoms with Gasteiger partial charge in [-0.1, -0.05) is 12.1 Å². The molecule has 3 N–H and O–H groups in total. The van der Waals surface area contributed by atoms with Crippen molar-refractivity contribution in [1.29, 1.82) is 0 Å². The maximum Gasteiger partial charge on any atom is 0.255 e. The largest absolute Gasteiger partial charge is 0.497 e. The van der Waals surface area contributed by atoms with Crippen LogP contribution in [0.1, 0.15) is 21.6 Å². The normalized spacial score (nSPS) is 10.1. The summed E-state index contributed by atoms with van der Waals surface area (Å²) >= 11 is 0. The first-order valence-electron chi connectivity index (χ1n) is 6.24. The van der Waals surface area contributed by atoms with E-state index >= 15 is 0 Å². The Morgan fingerprint density at radius 1 is 1.35 bits per heavy atom. The molecule has 20 heavy (non-hydrogen) atoms. The first-order chi connectivity index (χ1) is 9.60. The van der Waals surface area contributed by atoms with Gasteiger partial charge in [-0.2, -0.15) is 0 Å². The molecule has 1 aromatic heterocycles. The lowest BCUT2D eigenvalue weighted by molar-refractivity contribution is 0.0951. The van der Waals surface area contributed by atoms with Gasteiger partial charge in [0.2, 0.25) is 0 Å². The Balaban J connectivity index is 2.04. The number of anilines is 1. The van der Waals surface area contributed by atoms with Gasteiger partial charge in [-0.05, 0) is 36.8 Å². The molecule has 0 atom stereocenters. The number of nitrogens with two attached hydrogens (primary N) is 1. The van der Waals surface area contributed by atoms with Crippen molar-refractivity contribution in [1.82, 2.24) is 10.3 Å². The van der Waals surface area contributed by atoms with E-state index in [1.165, 1.54) is 0 Å². The Labute approximate surface area is 117 Å². The zero-order valence-corrected chi connectivity index (χ0v) is 11.5. The second-order valence-electron chi connectivity index (χ2n) is 4.42. The van der Waals surface area contributed by atoms with Gasteiger partial charge in [0.25, 0.3) is 5.91 Å². The van der Waals surface area contributed by atoms with Crippen molar-refractivity contribution in [3.63, 3.8) is 0 Å². The maximum absolute atomic E-state index is 12.0. The van der Waals surface area contributed by atoms with Gasteiger partial charge in [-0.3, -0.25) is 4.79 Å². The molecule has 104 valence electrons. The van der Waals surface area contributed by atoms with E-state index < -0.39 is 0 Å². The number of nitrogen functional groups attached to an aromatic ring is 1. The van der Waals surface area contributed by atoms with E-state index in [-0.39, 0.29) is 11.7 Å². The molecule has 2 rings (SSSR count). The molecular formula is C15H17N3O2. The molecule has 0 spiro atoms. The lowest BCUT2D eigenvalue weighted by atomic mass is 10.2. The van der Waals surface area contributed by atoms with Gasteiger partial charge in [0.15, 0.2) is 0 Å². The number of nitrogens with zero attached hydrogens (tertiary/aromatic N) is 1. The number of ether oxygens (including phenoxy) is 1. The number of nitrogens with one attached hydrogen (secondary N) is 1. The van der Waals surface area contributed by atoms with Crippen LogP contribution in [0, 0.1) is 6.92 Å². The summed E-state index contributed by atoms with van der Waals surface area (Å²) in [5.41, 5.74) is 7.87. The summed E-state index contributed by atoms with van der Waals surface area (Å²) in [6, 6.07) is 11.0. The molecule has 0 aliphatic heterocycles. The van der Waals surface area contributed by atoms with Crippen LogP contribution >= 0.6 is 0 Å². The minimum Gasteiger partial charge on any atom is -0.497 e. The number of rotatable bonds is 4. The molecule has 2 aromatic rings. The number of benzene rings is 1. The molecule has 0 saturated carbocycles. The Morgan fingerprint density at radius 2 is 2.15 bits per heavy atom. The van der Waals surface area contributed by atoms with Crippen LogP contribution in [-0.2, 0) is 6.54 Å². The standard InChI is InChI=1S/C15H17N3O2/c1-10-6-7-13(14(16)18-10)15(19)17-9-11-4-3-5-12(8-11)20-2/h3-8H,9H2,1-2H3,(H2,16,18)(H,17,19). The highest BCUT2D eigenvalue weighted by Crippen LogP contribution is 2.13. The van der Waals surface area contributed by atoms with E-state index in [0.717, 1.165) is 17.0 Å². The second-order valence-corrected chi connectivity index (χ2v) is 4.42. The summed E-state index contributed by atoms with van der Waals surface area (Å²) in [4.78, 5) is 16.1. The van der Waals surface area contributed by atoms with E-state index in [4.69, 9.17) is 10.5 Å². The Kier molecular flexibility index (Phi) is 4.20. The van der Waals surface area contributed by atoms with Crippen LogP contribution < -0.4 is 15.8 Å². The van der Waals surface area contributed by atoms with Gasteiger partial charge in [0, 0.05) is 12.2 Å². The molecule has 1 heterocycles. The monoisotopic (exact) mass is 271 g/mol. The van der Waals surface area contributed by atoms with Crippen LogP contribution in [-0.4, -0.2) is 18.0 Å². The van der Waals surface area contributed by atoms with Crippen molar-refractivity contribution >= 4 is 11.7 Å². The van der Waals surface area contributed by atoms with Gasteiger partial charge in [0.1, 0.15) is 11.6 Å². The average molecular weight is 271 g/mol. The SMILES string of the molecule is COc1cccc(CNC(=O)c2ccc(C)nc2N)c1. The van der Waals surface area contributed by atoms with Gasteiger partial charge in [-0.15, -0.1) is 0 Å². The topological polar surface area (TPSA) is 77.2 Å². The highest BCUT2D eigenvalue weighted by Gasteiger charge is 2.10. The summed E-state index contributed by atoms with van der Waals surface area (Å²) in [6.45, 7) is 2.23. The average Bonchev–Trinajstić information content (AvgIpc) is 2.45. The van der Waals surface area contributed by atoms with E-state index in [9.17, 15) is 4.79 Å². The third-order valence-corrected chi connectivity index (χ3v) is 2.90. The molecule has 1 aromatic carbocycles. The first kappa shape index (κ1) is 13.9. The zero-order chi connectivity index (χ0) is 14.5. The minimum atomic E-state index is -0.238. The third kappa shape index (κ3) is 3.26. The Bertz CT molecular complexity index is 626. The van der Waals surface area contributed by atoms with Gasteiger partial charge in [0.05, 0.1) is 12.7 Å². The molecule has 0 aliphatic carbocycles. The quantitative estimate of drug-likeness (QED) is 0.890. The molecule has 1 amide bonds. The van der Waals surface area contributed by atoms with Gasteiger partial charge >= 0.3 is 0 Å². The fourth-order valence-electron chi connectivity index (χ4n) is 1.83. The molecular weight excluding hydrogens is 254 g/mol. The lowest BCUT2D eigenvalue weighted by Crippen LogP contribution is -2.24. The van der Waals surface area contributed by atoms with E-state index in [2.05, 4.69) is 10.3 Å². The second kappa shape index (κ2) is 6.06. The Morgan fingerprint density at radius 3 is 2.85 bits per heavy atom. The van der Waals surface area contributed by atoms with Crippen molar-refractivity contribution in [2.24, 2.45) is 0 Å². The predicted molar refractivity (Wildman–Crippen MR) is 77.6 cm³/mol. The van der Waals surface area contributed by atoms with Crippen LogP contribution in [0.5, 0.6) is 5.75 Å². The van der Waals surface area contributed by atoms with E-state index in [1.54, 1.807) is 19.2 Å². The van der Waals surface area contributed by atoms with Gasteiger partial charge < -0.3 is 15.8 Å². The number of carbonyl (C=O) groups is 1. The summed E-state index contributed by atoms with van der Waals surface area (Å²) in [5, 5.41) is 2.81. The zero-order valence-electron chi connectivity index (χ0n) is 11.5. The number of carbonyl (C=O) groups excluding carboxylic acids is 1. The van der Waals surface area contributed by atoms with Crippen molar-refractivity contribution in [2.45, 2.75) is 13.5 Å². The minimum absolute atomic E-state index is 0.238. The molecule has 0 aliphatic rings. The van der Waals surface area contributed by atoms with Crippen molar-refractivity contribution in [2.75, 3.05) is 12.8 Å². The molecule has 0 radical (unpaired) electrons. The van der Waals surface area contributed by atoms with Crippen LogP contribution in [0.15, 0.2) is 36.4 Å².